The molecule has 0 atom stereocenters. The fraction of sp³-hybridized carbons (Fsp3) is 0.294. The van der Waals surface area contributed by atoms with Crippen LogP contribution in [0.1, 0.15) is 28.8 Å². The van der Waals surface area contributed by atoms with Gasteiger partial charge in [-0.05, 0) is 36.4 Å². The van der Waals surface area contributed by atoms with Gasteiger partial charge >= 0.3 is 0 Å². The van der Waals surface area contributed by atoms with E-state index in [-0.39, 0.29) is 13.2 Å². The molecular formula is C34H43N3O4S. The van der Waals surface area contributed by atoms with Crippen LogP contribution in [0.3, 0.4) is 0 Å². The zero-order valence-electron chi connectivity index (χ0n) is 25.3. The number of nitrogens with zero attached hydrogens (tertiary/aromatic N) is 2. The van der Waals surface area contributed by atoms with Crippen molar-refractivity contribution in [3.05, 3.63) is 110 Å². The number of sulfonamides is 1. The van der Waals surface area contributed by atoms with Crippen LogP contribution in [0.4, 0.5) is 5.69 Å². The highest BCUT2D eigenvalue weighted by molar-refractivity contribution is 7.89. The summed E-state index contributed by atoms with van der Waals surface area (Å²) in [6.07, 6.45) is 1.57. The van der Waals surface area contributed by atoms with Crippen LogP contribution in [0.5, 0.6) is 5.75 Å². The third kappa shape index (κ3) is 8.41. The summed E-state index contributed by atoms with van der Waals surface area (Å²) in [7, 11) is 4.55. The summed E-state index contributed by atoms with van der Waals surface area (Å²) < 4.78 is 35.8. The predicted molar refractivity (Wildman–Crippen MR) is 173 cm³/mol. The SMILES string of the molecule is CN(C)c1cccc2c(S(=O)(=O)NCCC[N+](C)(C)CCCOc3ccc(C(=O)c4ccccc4)cc3)cccc12.[CH3-]. The third-order valence-corrected chi connectivity index (χ3v) is 8.71. The van der Waals surface area contributed by atoms with Crippen LogP contribution in [0, 0.1) is 7.43 Å². The fourth-order valence-corrected chi connectivity index (χ4v) is 6.23. The van der Waals surface area contributed by atoms with Crippen molar-refractivity contribution in [2.45, 2.75) is 17.7 Å². The smallest absolute Gasteiger partial charge is 0.241 e. The van der Waals surface area contributed by atoms with Crippen molar-refractivity contribution in [2.75, 3.05) is 59.3 Å². The topological polar surface area (TPSA) is 75.7 Å². The maximum atomic E-state index is 13.2. The van der Waals surface area contributed by atoms with Gasteiger partial charge in [-0.15, -0.1) is 0 Å². The number of nitrogens with one attached hydrogen (secondary N) is 1. The number of quaternary nitrogens is 1. The van der Waals surface area contributed by atoms with E-state index in [1.807, 2.05) is 85.7 Å². The summed E-state index contributed by atoms with van der Waals surface area (Å²) in [5, 5.41) is 1.64. The molecule has 0 aliphatic rings. The molecule has 7 nitrogen and oxygen atoms in total. The second-order valence-corrected chi connectivity index (χ2v) is 12.8. The van der Waals surface area contributed by atoms with Crippen LogP contribution in [0.15, 0.2) is 95.9 Å². The highest BCUT2D eigenvalue weighted by Gasteiger charge is 2.20. The maximum absolute atomic E-state index is 13.2. The Labute approximate surface area is 251 Å². The van der Waals surface area contributed by atoms with E-state index in [9.17, 15) is 13.2 Å². The molecule has 42 heavy (non-hydrogen) atoms. The number of hydrogen-bond donors (Lipinski definition) is 1. The van der Waals surface area contributed by atoms with Crippen molar-refractivity contribution in [1.82, 2.24) is 4.72 Å². The summed E-state index contributed by atoms with van der Waals surface area (Å²) in [5.74, 6) is 0.731. The first-order valence-electron chi connectivity index (χ1n) is 13.9. The molecule has 0 aliphatic heterocycles. The molecule has 4 rings (SSSR count). The van der Waals surface area contributed by atoms with Gasteiger partial charge in [-0.25, -0.2) is 13.1 Å². The highest BCUT2D eigenvalue weighted by atomic mass is 32.2. The molecule has 0 radical (unpaired) electrons. The maximum Gasteiger partial charge on any atom is 0.241 e. The third-order valence-electron chi connectivity index (χ3n) is 7.19. The number of ketones is 1. The van der Waals surface area contributed by atoms with Crippen molar-refractivity contribution >= 4 is 32.3 Å². The zero-order chi connectivity index (χ0) is 29.5. The fourth-order valence-electron chi connectivity index (χ4n) is 4.93. The molecule has 0 spiro atoms. The lowest BCUT2D eigenvalue weighted by atomic mass is 10.0. The standard InChI is InChI=1S/C33H40N3O4S.CH3/c1-35(2)31-16-8-15-30-29(31)14-9-17-32(30)41(38,39)34-22-10-23-36(3,4)24-11-25-40-28-20-18-27(19-21-28)33(37)26-12-6-5-7-13-26;/h5-9,12-21,34H,10-11,22-25H2,1-4H3;1H3/q+1;-1. The monoisotopic (exact) mass is 589 g/mol. The molecule has 224 valence electrons. The number of hydrogen-bond acceptors (Lipinski definition) is 5. The predicted octanol–water partition coefficient (Wildman–Crippen LogP) is 5.80. The van der Waals surface area contributed by atoms with E-state index < -0.39 is 10.0 Å². The van der Waals surface area contributed by atoms with E-state index in [0.717, 1.165) is 52.6 Å². The summed E-state index contributed by atoms with van der Waals surface area (Å²) in [6.45, 7) is 2.67. The molecule has 8 heteroatoms. The average Bonchev–Trinajstić information content (AvgIpc) is 2.97. The molecular weight excluding hydrogens is 546 g/mol. The van der Waals surface area contributed by atoms with Gasteiger partial charge in [0.1, 0.15) is 5.75 Å². The van der Waals surface area contributed by atoms with E-state index in [1.165, 1.54) is 0 Å². The van der Waals surface area contributed by atoms with Crippen molar-refractivity contribution in [1.29, 1.82) is 0 Å². The van der Waals surface area contributed by atoms with Gasteiger partial charge in [-0.3, -0.25) is 4.79 Å². The van der Waals surface area contributed by atoms with Crippen LogP contribution in [0.25, 0.3) is 10.8 Å². The average molecular weight is 590 g/mol. The van der Waals surface area contributed by atoms with E-state index in [1.54, 1.807) is 24.3 Å². The molecule has 0 saturated heterocycles. The molecule has 4 aromatic carbocycles. The molecule has 0 aliphatic carbocycles. The van der Waals surface area contributed by atoms with E-state index in [4.69, 9.17) is 4.74 Å². The minimum atomic E-state index is -3.64. The quantitative estimate of drug-likeness (QED) is 0.0871. The number of benzene rings is 4. The summed E-state index contributed by atoms with van der Waals surface area (Å²) in [4.78, 5) is 14.9. The summed E-state index contributed by atoms with van der Waals surface area (Å²) >= 11 is 0. The number of rotatable bonds is 14. The Morgan fingerprint density at radius 2 is 1.40 bits per heavy atom. The van der Waals surface area contributed by atoms with E-state index >= 15 is 0 Å². The molecule has 0 aromatic heterocycles. The Bertz CT molecular complexity index is 1570. The minimum Gasteiger partial charge on any atom is -0.493 e. The lowest BCUT2D eigenvalue weighted by Gasteiger charge is -2.30. The van der Waals surface area contributed by atoms with Crippen LogP contribution in [-0.4, -0.2) is 73.1 Å². The molecule has 0 saturated carbocycles. The van der Waals surface area contributed by atoms with Gasteiger partial charge in [0.05, 0.1) is 38.7 Å². The van der Waals surface area contributed by atoms with Gasteiger partial charge in [-0.1, -0.05) is 54.6 Å². The van der Waals surface area contributed by atoms with Crippen LogP contribution < -0.4 is 14.4 Å². The van der Waals surface area contributed by atoms with Gasteiger partial charge < -0.3 is 21.5 Å². The Morgan fingerprint density at radius 3 is 2.10 bits per heavy atom. The van der Waals surface area contributed by atoms with Gasteiger partial charge in [-0.2, -0.15) is 0 Å². The number of ether oxygens (including phenoxy) is 1. The Balaban J connectivity index is 0.00000484. The van der Waals surface area contributed by atoms with Crippen molar-refractivity contribution in [3.8, 4) is 5.75 Å². The van der Waals surface area contributed by atoms with E-state index in [0.29, 0.717) is 29.2 Å². The Hall–Kier alpha value is -3.72. The number of fused-ring (bicyclic) bond motifs is 1. The first-order valence-corrected chi connectivity index (χ1v) is 15.4. The number of carbonyl (C=O) groups excluding carboxylic acids is 1. The Morgan fingerprint density at radius 1 is 0.786 bits per heavy atom. The summed E-state index contributed by atoms with van der Waals surface area (Å²) in [6, 6.07) is 27.6. The zero-order valence-corrected chi connectivity index (χ0v) is 26.2. The van der Waals surface area contributed by atoms with Crippen molar-refractivity contribution in [2.24, 2.45) is 0 Å². The first-order chi connectivity index (χ1) is 19.6. The highest BCUT2D eigenvalue weighted by Crippen LogP contribution is 2.30. The second-order valence-electron chi connectivity index (χ2n) is 11.1. The molecule has 0 unspecified atom stereocenters. The molecule has 0 heterocycles. The molecule has 0 amide bonds. The second kappa shape index (κ2) is 14.4. The lowest BCUT2D eigenvalue weighted by molar-refractivity contribution is -0.890. The van der Waals surface area contributed by atoms with Crippen LogP contribution >= 0.6 is 0 Å². The molecule has 0 bridgehead atoms. The van der Waals surface area contributed by atoms with Crippen molar-refractivity contribution < 1.29 is 22.4 Å². The largest absolute Gasteiger partial charge is 0.493 e. The number of anilines is 1. The van der Waals surface area contributed by atoms with Gasteiger partial charge in [0.2, 0.25) is 10.0 Å². The van der Waals surface area contributed by atoms with Crippen LogP contribution in [0.2, 0.25) is 0 Å². The van der Waals surface area contributed by atoms with Crippen LogP contribution in [-0.2, 0) is 10.0 Å². The van der Waals surface area contributed by atoms with Gasteiger partial charge in [0.15, 0.2) is 5.78 Å². The van der Waals surface area contributed by atoms with E-state index in [2.05, 4.69) is 18.8 Å². The lowest BCUT2D eigenvalue weighted by Crippen LogP contribution is -2.43. The Kier molecular flexibility index (Phi) is 11.3. The van der Waals surface area contributed by atoms with Gasteiger partial charge in [0.25, 0.3) is 0 Å². The summed E-state index contributed by atoms with van der Waals surface area (Å²) in [5.41, 5.74) is 2.29. The first kappa shape index (κ1) is 32.8. The number of carbonyl (C=O) groups is 1. The van der Waals surface area contributed by atoms with Gasteiger partial charge in [0, 0.05) is 61.1 Å². The van der Waals surface area contributed by atoms with Crippen molar-refractivity contribution in [3.63, 3.8) is 0 Å². The molecule has 4 aromatic rings. The minimum absolute atomic E-state index is 0. The molecule has 0 fully saturated rings. The molecule has 1 N–H and O–H groups in total. The normalized spacial score (nSPS) is 11.6.